The van der Waals surface area contributed by atoms with E-state index in [1.807, 2.05) is 31.2 Å². The van der Waals surface area contributed by atoms with Gasteiger partial charge in [0.15, 0.2) is 12.4 Å². The van der Waals surface area contributed by atoms with Gasteiger partial charge in [0.1, 0.15) is 5.75 Å². The Morgan fingerprint density at radius 2 is 1.81 bits per heavy atom. The van der Waals surface area contributed by atoms with Gasteiger partial charge < -0.3 is 24.3 Å². The summed E-state index contributed by atoms with van der Waals surface area (Å²) < 4.78 is 10.8. The second kappa shape index (κ2) is 9.78. The molecule has 1 aliphatic heterocycles. The van der Waals surface area contributed by atoms with Gasteiger partial charge in [-0.3, -0.25) is 9.59 Å². The van der Waals surface area contributed by atoms with Crippen LogP contribution in [0.3, 0.4) is 0 Å². The lowest BCUT2D eigenvalue weighted by Crippen LogP contribution is -2.48. The number of carbonyl (C=O) groups excluding carboxylic acids is 2. The highest BCUT2D eigenvalue weighted by atomic mass is 35.5. The normalized spacial score (nSPS) is 13.7. The molecule has 32 heavy (non-hydrogen) atoms. The number of benzene rings is 2. The smallest absolute Gasteiger partial charge is 0.289 e. The summed E-state index contributed by atoms with van der Waals surface area (Å²) in [5, 5.41) is 3.47. The van der Waals surface area contributed by atoms with Gasteiger partial charge in [-0.25, -0.2) is 0 Å². The van der Waals surface area contributed by atoms with Crippen molar-refractivity contribution >= 4 is 34.8 Å². The average Bonchev–Trinajstić information content (AvgIpc) is 3.34. The molecular formula is C24H24ClN3O4. The number of furan rings is 1. The predicted octanol–water partition coefficient (Wildman–Crippen LogP) is 4.22. The van der Waals surface area contributed by atoms with E-state index >= 15 is 0 Å². The largest absolute Gasteiger partial charge is 0.483 e. The van der Waals surface area contributed by atoms with Crippen LogP contribution in [0.1, 0.15) is 16.1 Å². The molecule has 0 saturated carbocycles. The van der Waals surface area contributed by atoms with Crippen molar-refractivity contribution in [1.82, 2.24) is 4.90 Å². The molecule has 0 spiro atoms. The van der Waals surface area contributed by atoms with Gasteiger partial charge in [0, 0.05) is 42.6 Å². The number of nitrogens with zero attached hydrogens (tertiary/aromatic N) is 2. The fourth-order valence-corrected chi connectivity index (χ4v) is 3.82. The third kappa shape index (κ3) is 5.23. The molecule has 1 aliphatic rings. The van der Waals surface area contributed by atoms with Crippen LogP contribution in [0.15, 0.2) is 65.3 Å². The maximum absolute atomic E-state index is 12.4. The van der Waals surface area contributed by atoms with Crippen molar-refractivity contribution in [2.75, 3.05) is 43.0 Å². The summed E-state index contributed by atoms with van der Waals surface area (Å²) >= 11 is 5.94. The molecule has 3 aromatic rings. The van der Waals surface area contributed by atoms with Crippen LogP contribution in [0.5, 0.6) is 5.75 Å². The van der Waals surface area contributed by atoms with E-state index in [2.05, 4.69) is 10.2 Å². The lowest BCUT2D eigenvalue weighted by molar-refractivity contribution is -0.118. The molecule has 8 heteroatoms. The summed E-state index contributed by atoms with van der Waals surface area (Å²) in [6.45, 7) is 4.50. The Balaban J connectivity index is 1.26. The molecule has 0 atom stereocenters. The lowest BCUT2D eigenvalue weighted by Gasteiger charge is -2.35. The zero-order valence-corrected chi connectivity index (χ0v) is 18.5. The van der Waals surface area contributed by atoms with E-state index in [1.54, 1.807) is 35.2 Å². The zero-order valence-electron chi connectivity index (χ0n) is 17.7. The number of hydrogen-bond acceptors (Lipinski definition) is 5. The van der Waals surface area contributed by atoms with E-state index in [1.165, 1.54) is 6.26 Å². The van der Waals surface area contributed by atoms with Gasteiger partial charge in [0.05, 0.1) is 6.26 Å². The molecule has 0 radical (unpaired) electrons. The third-order valence-electron chi connectivity index (χ3n) is 5.31. The molecule has 2 heterocycles. The van der Waals surface area contributed by atoms with E-state index in [4.69, 9.17) is 20.8 Å². The highest BCUT2D eigenvalue weighted by Gasteiger charge is 2.23. The first-order valence-electron chi connectivity index (χ1n) is 10.4. The van der Waals surface area contributed by atoms with Crippen molar-refractivity contribution in [2.45, 2.75) is 6.92 Å². The van der Waals surface area contributed by atoms with Crippen molar-refractivity contribution in [1.29, 1.82) is 0 Å². The Hall–Kier alpha value is -3.45. The number of hydrogen-bond donors (Lipinski definition) is 1. The fourth-order valence-electron chi connectivity index (χ4n) is 3.59. The molecule has 1 saturated heterocycles. The molecule has 1 fully saturated rings. The number of amides is 2. The molecule has 1 aromatic heterocycles. The van der Waals surface area contributed by atoms with Gasteiger partial charge in [-0.2, -0.15) is 0 Å². The number of ether oxygens (including phenoxy) is 1. The number of rotatable bonds is 6. The van der Waals surface area contributed by atoms with Crippen LogP contribution in [-0.4, -0.2) is 49.5 Å². The number of aryl methyl sites for hydroxylation is 1. The summed E-state index contributed by atoms with van der Waals surface area (Å²) in [5.74, 6) is 0.680. The molecule has 0 bridgehead atoms. The molecule has 7 nitrogen and oxygen atoms in total. The van der Waals surface area contributed by atoms with Crippen LogP contribution in [0.25, 0.3) is 0 Å². The van der Waals surface area contributed by atoms with Crippen LogP contribution < -0.4 is 15.0 Å². The number of nitrogens with one attached hydrogen (secondary N) is 1. The van der Waals surface area contributed by atoms with Crippen LogP contribution >= 0.6 is 11.6 Å². The monoisotopic (exact) mass is 453 g/mol. The van der Waals surface area contributed by atoms with E-state index in [0.29, 0.717) is 35.3 Å². The van der Waals surface area contributed by atoms with E-state index in [9.17, 15) is 9.59 Å². The predicted molar refractivity (Wildman–Crippen MR) is 124 cm³/mol. The fraction of sp³-hybridized carbons (Fsp3) is 0.250. The van der Waals surface area contributed by atoms with Gasteiger partial charge in [-0.05, 0) is 67.1 Å². The quantitative estimate of drug-likeness (QED) is 0.604. The highest BCUT2D eigenvalue weighted by Crippen LogP contribution is 2.22. The van der Waals surface area contributed by atoms with Crippen molar-refractivity contribution < 1.29 is 18.7 Å². The first kappa shape index (κ1) is 21.8. The van der Waals surface area contributed by atoms with Gasteiger partial charge in [0.2, 0.25) is 0 Å². The average molecular weight is 454 g/mol. The van der Waals surface area contributed by atoms with Crippen LogP contribution in [-0.2, 0) is 4.79 Å². The van der Waals surface area contributed by atoms with Gasteiger partial charge >= 0.3 is 0 Å². The lowest BCUT2D eigenvalue weighted by atomic mass is 10.2. The molecule has 1 N–H and O–H groups in total. The number of halogens is 1. The molecule has 166 valence electrons. The van der Waals surface area contributed by atoms with Gasteiger partial charge in [0.25, 0.3) is 11.8 Å². The standard InChI is InChI=1S/C24H24ClN3O4/c1-17-15-18(25)4-9-21(17)32-16-23(29)26-19-5-7-20(8-6-19)27-10-12-28(13-11-27)24(30)22-3-2-14-31-22/h2-9,14-15H,10-13,16H2,1H3,(H,26,29). The Labute approximate surface area is 191 Å². The second-order valence-electron chi connectivity index (χ2n) is 7.55. The SMILES string of the molecule is Cc1cc(Cl)ccc1OCC(=O)Nc1ccc(N2CCN(C(=O)c3ccco3)CC2)cc1. The minimum Gasteiger partial charge on any atom is -0.483 e. The van der Waals surface area contributed by atoms with Crippen molar-refractivity contribution in [3.05, 3.63) is 77.2 Å². The Kier molecular flexibility index (Phi) is 6.66. The first-order chi connectivity index (χ1) is 15.5. The maximum atomic E-state index is 12.4. The van der Waals surface area contributed by atoms with E-state index in [-0.39, 0.29) is 18.4 Å². The molecule has 4 rings (SSSR count). The molecule has 0 unspecified atom stereocenters. The topological polar surface area (TPSA) is 75.0 Å². The third-order valence-corrected chi connectivity index (χ3v) is 5.55. The summed E-state index contributed by atoms with van der Waals surface area (Å²) in [5.41, 5.74) is 2.61. The van der Waals surface area contributed by atoms with Crippen LogP contribution in [0, 0.1) is 6.92 Å². The van der Waals surface area contributed by atoms with Crippen molar-refractivity contribution in [3.63, 3.8) is 0 Å². The Morgan fingerprint density at radius 1 is 1.06 bits per heavy atom. The van der Waals surface area contributed by atoms with E-state index in [0.717, 1.165) is 24.3 Å². The minimum absolute atomic E-state index is 0.0799. The molecule has 0 aliphatic carbocycles. The summed E-state index contributed by atoms with van der Waals surface area (Å²) in [7, 11) is 0. The first-order valence-corrected chi connectivity index (χ1v) is 10.7. The Morgan fingerprint density at radius 3 is 2.47 bits per heavy atom. The maximum Gasteiger partial charge on any atom is 0.289 e. The number of carbonyl (C=O) groups is 2. The minimum atomic E-state index is -0.239. The van der Waals surface area contributed by atoms with Crippen LogP contribution in [0.4, 0.5) is 11.4 Å². The van der Waals surface area contributed by atoms with E-state index < -0.39 is 0 Å². The summed E-state index contributed by atoms with van der Waals surface area (Å²) in [6, 6.07) is 16.3. The van der Waals surface area contributed by atoms with Crippen molar-refractivity contribution in [2.24, 2.45) is 0 Å². The second-order valence-corrected chi connectivity index (χ2v) is 7.99. The molecule has 2 amide bonds. The zero-order chi connectivity index (χ0) is 22.5. The summed E-state index contributed by atoms with van der Waals surface area (Å²) in [6.07, 6.45) is 1.51. The van der Waals surface area contributed by atoms with Gasteiger partial charge in [-0.1, -0.05) is 11.6 Å². The number of piperazine rings is 1. The van der Waals surface area contributed by atoms with Crippen LogP contribution in [0.2, 0.25) is 5.02 Å². The molecular weight excluding hydrogens is 430 g/mol. The Bertz CT molecular complexity index is 1080. The highest BCUT2D eigenvalue weighted by molar-refractivity contribution is 6.30. The molecule has 2 aromatic carbocycles. The summed E-state index contributed by atoms with van der Waals surface area (Å²) in [4.78, 5) is 28.6. The number of anilines is 2. The van der Waals surface area contributed by atoms with Gasteiger partial charge in [-0.15, -0.1) is 0 Å². The van der Waals surface area contributed by atoms with Crippen molar-refractivity contribution in [3.8, 4) is 5.75 Å².